The van der Waals surface area contributed by atoms with Crippen LogP contribution in [0.4, 0.5) is 0 Å². The molecule has 0 saturated heterocycles. The highest BCUT2D eigenvalue weighted by Crippen LogP contribution is 2.24. The third kappa shape index (κ3) is 4.26. The lowest BCUT2D eigenvalue weighted by atomic mass is 9.81. The van der Waals surface area contributed by atoms with Crippen LogP contribution in [0.1, 0.15) is 33.3 Å². The molecule has 16 heavy (non-hydrogen) atoms. The molecule has 0 aliphatic carbocycles. The fourth-order valence-electron chi connectivity index (χ4n) is 1.38. The highest BCUT2D eigenvalue weighted by atomic mass is 79.9. The summed E-state index contributed by atoms with van der Waals surface area (Å²) in [6, 6.07) is 8.45. The quantitative estimate of drug-likeness (QED) is 0.853. The Morgan fingerprint density at radius 3 is 2.56 bits per heavy atom. The van der Waals surface area contributed by atoms with E-state index in [1.165, 1.54) is 5.56 Å². The number of halogens is 1. The second kappa shape index (κ2) is 5.83. The Bertz CT molecular complexity index is 331. The van der Waals surface area contributed by atoms with Crippen molar-refractivity contribution in [2.75, 3.05) is 6.54 Å². The summed E-state index contributed by atoms with van der Waals surface area (Å²) in [5.74, 6) is 0.697. The highest BCUT2D eigenvalue weighted by Gasteiger charge is 2.21. The van der Waals surface area contributed by atoms with E-state index in [0.29, 0.717) is 11.3 Å². The van der Waals surface area contributed by atoms with Gasteiger partial charge in [0, 0.05) is 17.6 Å². The van der Waals surface area contributed by atoms with E-state index in [4.69, 9.17) is 0 Å². The molecule has 0 heterocycles. The number of hydrogen-bond acceptors (Lipinski definition) is 1. The van der Waals surface area contributed by atoms with Crippen LogP contribution in [0.25, 0.3) is 0 Å². The van der Waals surface area contributed by atoms with Crippen molar-refractivity contribution in [3.63, 3.8) is 0 Å². The van der Waals surface area contributed by atoms with Crippen LogP contribution in [0, 0.1) is 11.3 Å². The van der Waals surface area contributed by atoms with Gasteiger partial charge in [-0.3, -0.25) is 0 Å². The molecule has 0 unspecified atom stereocenters. The van der Waals surface area contributed by atoms with E-state index >= 15 is 0 Å². The molecule has 0 spiro atoms. The van der Waals surface area contributed by atoms with Crippen molar-refractivity contribution >= 4 is 15.9 Å². The first-order valence-corrected chi connectivity index (χ1v) is 6.66. The lowest BCUT2D eigenvalue weighted by Gasteiger charge is -2.29. The summed E-state index contributed by atoms with van der Waals surface area (Å²) in [5.41, 5.74) is 1.68. The minimum atomic E-state index is 0.353. The lowest BCUT2D eigenvalue weighted by Crippen LogP contribution is -2.33. The highest BCUT2D eigenvalue weighted by molar-refractivity contribution is 9.10. The van der Waals surface area contributed by atoms with Crippen molar-refractivity contribution in [2.24, 2.45) is 11.3 Å². The minimum absolute atomic E-state index is 0.353. The van der Waals surface area contributed by atoms with Crippen LogP contribution >= 0.6 is 15.9 Å². The summed E-state index contributed by atoms with van der Waals surface area (Å²) in [4.78, 5) is 0. The van der Waals surface area contributed by atoms with Gasteiger partial charge in [-0.05, 0) is 29.0 Å². The maximum absolute atomic E-state index is 3.53. The molecule has 1 rings (SSSR count). The molecule has 1 aromatic carbocycles. The summed E-state index contributed by atoms with van der Waals surface area (Å²) in [6.45, 7) is 11.2. The van der Waals surface area contributed by atoms with Crippen molar-refractivity contribution in [1.82, 2.24) is 5.32 Å². The van der Waals surface area contributed by atoms with Gasteiger partial charge < -0.3 is 5.32 Å². The largest absolute Gasteiger partial charge is 0.312 e. The van der Waals surface area contributed by atoms with Gasteiger partial charge in [-0.25, -0.2) is 0 Å². The van der Waals surface area contributed by atoms with E-state index in [9.17, 15) is 0 Å². The predicted molar refractivity (Wildman–Crippen MR) is 74.5 cm³/mol. The number of benzene rings is 1. The van der Waals surface area contributed by atoms with Crippen LogP contribution in [-0.2, 0) is 6.54 Å². The first-order chi connectivity index (χ1) is 7.42. The molecule has 0 radical (unpaired) electrons. The van der Waals surface area contributed by atoms with Crippen molar-refractivity contribution in [3.8, 4) is 0 Å². The molecular formula is C14H22BrN. The van der Waals surface area contributed by atoms with Gasteiger partial charge in [0.1, 0.15) is 0 Å². The van der Waals surface area contributed by atoms with Crippen LogP contribution < -0.4 is 5.32 Å². The monoisotopic (exact) mass is 283 g/mol. The minimum Gasteiger partial charge on any atom is -0.312 e. The Labute approximate surface area is 108 Å². The molecule has 0 aliphatic rings. The maximum Gasteiger partial charge on any atom is 0.0206 e. The smallest absolute Gasteiger partial charge is 0.0206 e. The van der Waals surface area contributed by atoms with Crippen LogP contribution in [-0.4, -0.2) is 6.54 Å². The Morgan fingerprint density at radius 1 is 1.31 bits per heavy atom. The van der Waals surface area contributed by atoms with Crippen LogP contribution in [0.3, 0.4) is 0 Å². The van der Waals surface area contributed by atoms with Crippen molar-refractivity contribution < 1.29 is 0 Å². The predicted octanol–water partition coefficient (Wildman–Crippen LogP) is 4.22. The van der Waals surface area contributed by atoms with E-state index in [1.54, 1.807) is 0 Å². The van der Waals surface area contributed by atoms with Gasteiger partial charge in [0.05, 0.1) is 0 Å². The van der Waals surface area contributed by atoms with Gasteiger partial charge in [-0.1, -0.05) is 55.8 Å². The van der Waals surface area contributed by atoms with Gasteiger partial charge in [-0.15, -0.1) is 0 Å². The number of hydrogen-bond donors (Lipinski definition) is 1. The first-order valence-electron chi connectivity index (χ1n) is 5.87. The summed E-state index contributed by atoms with van der Waals surface area (Å²) >= 11 is 3.49. The molecule has 0 fully saturated rings. The summed E-state index contributed by atoms with van der Waals surface area (Å²) < 4.78 is 1.15. The summed E-state index contributed by atoms with van der Waals surface area (Å²) in [5, 5.41) is 3.53. The zero-order chi connectivity index (χ0) is 12.2. The molecule has 0 aliphatic heterocycles. The molecule has 0 aromatic heterocycles. The molecule has 0 bridgehead atoms. The van der Waals surface area contributed by atoms with Crippen LogP contribution in [0.2, 0.25) is 0 Å². The zero-order valence-corrected chi connectivity index (χ0v) is 12.3. The van der Waals surface area contributed by atoms with E-state index in [2.05, 4.69) is 73.2 Å². The zero-order valence-electron chi connectivity index (χ0n) is 10.7. The topological polar surface area (TPSA) is 12.0 Å². The average molecular weight is 284 g/mol. The average Bonchev–Trinajstić information content (AvgIpc) is 2.17. The summed E-state index contributed by atoms with van der Waals surface area (Å²) in [7, 11) is 0. The Balaban J connectivity index is 2.42. The standard InChI is InChI=1S/C14H22BrN/c1-11(2)14(3,4)10-16-9-12-6-5-7-13(15)8-12/h5-8,11,16H,9-10H2,1-4H3. The molecule has 1 N–H and O–H groups in total. The van der Waals surface area contributed by atoms with Gasteiger partial charge >= 0.3 is 0 Å². The molecule has 1 aromatic rings. The molecule has 0 amide bonds. The van der Waals surface area contributed by atoms with Crippen molar-refractivity contribution in [2.45, 2.75) is 34.2 Å². The third-order valence-electron chi connectivity index (χ3n) is 3.36. The molecule has 0 atom stereocenters. The van der Waals surface area contributed by atoms with Gasteiger partial charge in [0.2, 0.25) is 0 Å². The van der Waals surface area contributed by atoms with E-state index in [0.717, 1.165) is 17.6 Å². The fourth-order valence-corrected chi connectivity index (χ4v) is 1.83. The molecule has 0 saturated carbocycles. The molecular weight excluding hydrogens is 262 g/mol. The van der Waals surface area contributed by atoms with E-state index in [-0.39, 0.29) is 0 Å². The van der Waals surface area contributed by atoms with Crippen molar-refractivity contribution in [1.29, 1.82) is 0 Å². The van der Waals surface area contributed by atoms with Crippen molar-refractivity contribution in [3.05, 3.63) is 34.3 Å². The van der Waals surface area contributed by atoms with Crippen LogP contribution in [0.5, 0.6) is 0 Å². The molecule has 2 heteroatoms. The van der Waals surface area contributed by atoms with Gasteiger partial charge in [0.25, 0.3) is 0 Å². The maximum atomic E-state index is 3.53. The second-order valence-corrected chi connectivity index (χ2v) is 6.29. The normalized spacial score (nSPS) is 12.1. The Morgan fingerprint density at radius 2 is 2.00 bits per heavy atom. The lowest BCUT2D eigenvalue weighted by molar-refractivity contribution is 0.238. The fraction of sp³-hybridized carbons (Fsp3) is 0.571. The van der Waals surface area contributed by atoms with E-state index in [1.807, 2.05) is 0 Å². The Hall–Kier alpha value is -0.340. The van der Waals surface area contributed by atoms with Crippen LogP contribution in [0.15, 0.2) is 28.7 Å². The summed E-state index contributed by atoms with van der Waals surface area (Å²) in [6.07, 6.45) is 0. The second-order valence-electron chi connectivity index (χ2n) is 5.38. The van der Waals surface area contributed by atoms with Gasteiger partial charge in [0.15, 0.2) is 0 Å². The van der Waals surface area contributed by atoms with Gasteiger partial charge in [-0.2, -0.15) is 0 Å². The number of nitrogens with one attached hydrogen (secondary N) is 1. The third-order valence-corrected chi connectivity index (χ3v) is 3.85. The molecule has 90 valence electrons. The van der Waals surface area contributed by atoms with E-state index < -0.39 is 0 Å². The Kier molecular flexibility index (Phi) is 5.00. The number of rotatable bonds is 5. The first kappa shape index (κ1) is 13.7. The SMILES string of the molecule is CC(C)C(C)(C)CNCc1cccc(Br)c1. The molecule has 1 nitrogen and oxygen atoms in total.